The van der Waals surface area contributed by atoms with E-state index < -0.39 is 14.8 Å². The summed E-state index contributed by atoms with van der Waals surface area (Å²) in [7, 11) is -2.86. The van der Waals surface area contributed by atoms with Crippen LogP contribution in [0.5, 0.6) is 0 Å². The van der Waals surface area contributed by atoms with E-state index in [1.807, 2.05) is 6.07 Å². The van der Waals surface area contributed by atoms with E-state index in [1.165, 1.54) is 6.07 Å². The van der Waals surface area contributed by atoms with Gasteiger partial charge in [-0.05, 0) is 34.3 Å². The summed E-state index contributed by atoms with van der Waals surface area (Å²) in [6, 6.07) is 5.04. The van der Waals surface area contributed by atoms with Gasteiger partial charge in [-0.2, -0.15) is 0 Å². The van der Waals surface area contributed by atoms with Crippen molar-refractivity contribution in [2.45, 2.75) is 25.4 Å². The second kappa shape index (κ2) is 6.19. The molecule has 0 radical (unpaired) electrons. The third-order valence-corrected chi connectivity index (χ3v) is 6.02. The Morgan fingerprint density at radius 1 is 1.35 bits per heavy atom. The first kappa shape index (κ1) is 15.4. The van der Waals surface area contributed by atoms with Crippen molar-refractivity contribution in [3.63, 3.8) is 0 Å². The number of halogens is 1. The number of hydrogen-bond donors (Lipinski definition) is 1. The standard InChI is InChI=1S/C12H15BrN2O4S/c13-12-9(2-1-3-11(12)15(16)17)8-14-10-4-6-20(18,19)7-5-10/h1-3,10,14H,4-8H2. The largest absolute Gasteiger partial charge is 0.310 e. The number of nitrogens with zero attached hydrogens (tertiary/aromatic N) is 1. The molecule has 1 fully saturated rings. The number of nitrogens with one attached hydrogen (secondary N) is 1. The van der Waals surface area contributed by atoms with E-state index in [2.05, 4.69) is 21.2 Å². The summed E-state index contributed by atoms with van der Waals surface area (Å²) in [5.74, 6) is 0.418. The van der Waals surface area contributed by atoms with Gasteiger partial charge in [0, 0.05) is 18.7 Å². The van der Waals surface area contributed by atoms with Crippen LogP contribution in [-0.4, -0.2) is 30.9 Å². The fraction of sp³-hybridized carbons (Fsp3) is 0.500. The van der Waals surface area contributed by atoms with Crippen LogP contribution in [-0.2, 0) is 16.4 Å². The second-order valence-electron chi connectivity index (χ2n) is 4.81. The van der Waals surface area contributed by atoms with Gasteiger partial charge in [-0.15, -0.1) is 0 Å². The Morgan fingerprint density at radius 2 is 2.00 bits per heavy atom. The minimum Gasteiger partial charge on any atom is -0.310 e. The van der Waals surface area contributed by atoms with E-state index in [9.17, 15) is 18.5 Å². The monoisotopic (exact) mass is 362 g/mol. The molecule has 1 aromatic carbocycles. The maximum atomic E-state index is 11.3. The Kier molecular flexibility index (Phi) is 4.77. The summed E-state index contributed by atoms with van der Waals surface area (Å²) >= 11 is 3.25. The van der Waals surface area contributed by atoms with Crippen molar-refractivity contribution in [1.82, 2.24) is 5.32 Å². The molecule has 1 aromatic rings. The average molecular weight is 363 g/mol. The molecule has 0 amide bonds. The smallest absolute Gasteiger partial charge is 0.283 e. The lowest BCUT2D eigenvalue weighted by Crippen LogP contribution is -2.37. The van der Waals surface area contributed by atoms with E-state index >= 15 is 0 Å². The molecular formula is C12H15BrN2O4S. The SMILES string of the molecule is O=[N+]([O-])c1cccc(CNC2CCS(=O)(=O)CC2)c1Br. The van der Waals surface area contributed by atoms with Crippen molar-refractivity contribution in [2.75, 3.05) is 11.5 Å². The van der Waals surface area contributed by atoms with Gasteiger partial charge in [0.2, 0.25) is 0 Å². The minimum atomic E-state index is -2.86. The maximum absolute atomic E-state index is 11.3. The van der Waals surface area contributed by atoms with E-state index in [-0.39, 0.29) is 23.2 Å². The molecule has 0 atom stereocenters. The van der Waals surface area contributed by atoms with Gasteiger partial charge >= 0.3 is 0 Å². The van der Waals surface area contributed by atoms with Crippen LogP contribution in [0.2, 0.25) is 0 Å². The molecule has 0 bridgehead atoms. The number of sulfone groups is 1. The predicted molar refractivity (Wildman–Crippen MR) is 79.3 cm³/mol. The topological polar surface area (TPSA) is 89.3 Å². The van der Waals surface area contributed by atoms with Gasteiger partial charge in [-0.25, -0.2) is 8.42 Å². The van der Waals surface area contributed by atoms with Gasteiger partial charge in [0.1, 0.15) is 9.84 Å². The van der Waals surface area contributed by atoms with Crippen LogP contribution < -0.4 is 5.32 Å². The van der Waals surface area contributed by atoms with Crippen molar-refractivity contribution in [2.24, 2.45) is 0 Å². The van der Waals surface area contributed by atoms with Gasteiger partial charge in [-0.3, -0.25) is 10.1 Å². The van der Waals surface area contributed by atoms with Crippen molar-refractivity contribution >= 4 is 31.5 Å². The number of hydrogen-bond acceptors (Lipinski definition) is 5. The molecule has 20 heavy (non-hydrogen) atoms. The molecule has 0 aliphatic carbocycles. The van der Waals surface area contributed by atoms with Crippen LogP contribution in [0.25, 0.3) is 0 Å². The van der Waals surface area contributed by atoms with Gasteiger partial charge in [-0.1, -0.05) is 12.1 Å². The summed E-state index contributed by atoms with van der Waals surface area (Å²) in [4.78, 5) is 10.4. The summed E-state index contributed by atoms with van der Waals surface area (Å²) in [5.41, 5.74) is 0.836. The third kappa shape index (κ3) is 3.77. The normalized spacial score (nSPS) is 18.9. The molecule has 110 valence electrons. The number of nitro benzene ring substituents is 1. The molecule has 0 aromatic heterocycles. The van der Waals surface area contributed by atoms with Gasteiger partial charge < -0.3 is 5.32 Å². The van der Waals surface area contributed by atoms with Crippen LogP contribution in [0.3, 0.4) is 0 Å². The molecule has 0 saturated carbocycles. The van der Waals surface area contributed by atoms with Crippen molar-refractivity contribution in [1.29, 1.82) is 0 Å². The number of rotatable bonds is 4. The first-order chi connectivity index (χ1) is 9.39. The molecule has 0 unspecified atom stereocenters. The fourth-order valence-electron chi connectivity index (χ4n) is 2.19. The summed E-state index contributed by atoms with van der Waals surface area (Å²) in [6.07, 6.45) is 1.18. The highest BCUT2D eigenvalue weighted by molar-refractivity contribution is 9.10. The van der Waals surface area contributed by atoms with Gasteiger partial charge in [0.15, 0.2) is 0 Å². The fourth-order valence-corrected chi connectivity index (χ4v) is 4.23. The van der Waals surface area contributed by atoms with E-state index in [4.69, 9.17) is 0 Å². The Bertz CT molecular complexity index is 604. The zero-order valence-electron chi connectivity index (χ0n) is 10.7. The molecule has 1 heterocycles. The van der Waals surface area contributed by atoms with Gasteiger partial charge in [0.25, 0.3) is 5.69 Å². The molecule has 2 rings (SSSR count). The zero-order valence-corrected chi connectivity index (χ0v) is 13.1. The lowest BCUT2D eigenvalue weighted by Gasteiger charge is -2.23. The van der Waals surface area contributed by atoms with Gasteiger partial charge in [0.05, 0.1) is 20.9 Å². The van der Waals surface area contributed by atoms with Crippen molar-refractivity contribution in [3.05, 3.63) is 38.3 Å². The molecule has 0 spiro atoms. The lowest BCUT2D eigenvalue weighted by molar-refractivity contribution is -0.385. The number of benzene rings is 1. The highest BCUT2D eigenvalue weighted by Crippen LogP contribution is 2.28. The molecule has 8 heteroatoms. The predicted octanol–water partition coefficient (Wildman–Crippen LogP) is 2.02. The molecule has 1 N–H and O–H groups in total. The summed E-state index contributed by atoms with van der Waals surface area (Å²) in [5, 5.41) is 14.1. The van der Waals surface area contributed by atoms with Crippen molar-refractivity contribution in [3.8, 4) is 0 Å². The maximum Gasteiger partial charge on any atom is 0.283 e. The second-order valence-corrected chi connectivity index (χ2v) is 7.91. The molecular weight excluding hydrogens is 348 g/mol. The third-order valence-electron chi connectivity index (χ3n) is 3.39. The molecule has 6 nitrogen and oxygen atoms in total. The average Bonchev–Trinajstić information content (AvgIpc) is 2.38. The molecule has 1 aliphatic rings. The first-order valence-electron chi connectivity index (χ1n) is 6.24. The van der Waals surface area contributed by atoms with Crippen molar-refractivity contribution < 1.29 is 13.3 Å². The lowest BCUT2D eigenvalue weighted by atomic mass is 10.1. The Labute approximate surface area is 125 Å². The highest BCUT2D eigenvalue weighted by atomic mass is 79.9. The van der Waals surface area contributed by atoms with Crippen LogP contribution in [0.15, 0.2) is 22.7 Å². The van der Waals surface area contributed by atoms with E-state index in [1.54, 1.807) is 6.07 Å². The Morgan fingerprint density at radius 3 is 2.60 bits per heavy atom. The van der Waals surface area contributed by atoms with Crippen LogP contribution in [0, 0.1) is 10.1 Å². The Hall–Kier alpha value is -0.990. The Balaban J connectivity index is 1.98. The summed E-state index contributed by atoms with van der Waals surface area (Å²) in [6.45, 7) is 0.479. The van der Waals surface area contributed by atoms with Crippen LogP contribution >= 0.6 is 15.9 Å². The quantitative estimate of drug-likeness (QED) is 0.653. The van der Waals surface area contributed by atoms with E-state index in [0.717, 1.165) is 5.56 Å². The van der Waals surface area contributed by atoms with Crippen LogP contribution in [0.1, 0.15) is 18.4 Å². The van der Waals surface area contributed by atoms with E-state index in [0.29, 0.717) is 23.9 Å². The summed E-state index contributed by atoms with van der Waals surface area (Å²) < 4.78 is 23.1. The number of nitro groups is 1. The highest BCUT2D eigenvalue weighted by Gasteiger charge is 2.23. The zero-order chi connectivity index (χ0) is 14.8. The first-order valence-corrected chi connectivity index (χ1v) is 8.86. The van der Waals surface area contributed by atoms with Crippen LogP contribution in [0.4, 0.5) is 5.69 Å². The molecule has 1 aliphatic heterocycles. The minimum absolute atomic E-state index is 0.0375. The molecule has 1 saturated heterocycles.